The Hall–Kier alpha value is -4.41. The van der Waals surface area contributed by atoms with Gasteiger partial charge in [0, 0.05) is 34.8 Å². The molecule has 0 radical (unpaired) electrons. The van der Waals surface area contributed by atoms with Gasteiger partial charge >= 0.3 is 5.97 Å². The van der Waals surface area contributed by atoms with Crippen LogP contribution in [0.1, 0.15) is 67.2 Å². The number of nitrogens with zero attached hydrogens (tertiary/aromatic N) is 2. The van der Waals surface area contributed by atoms with E-state index in [0.717, 1.165) is 27.1 Å². The molecule has 2 aromatic carbocycles. The molecule has 4 aromatic rings. The van der Waals surface area contributed by atoms with Crippen LogP contribution in [-0.2, 0) is 26.8 Å². The lowest BCUT2D eigenvalue weighted by atomic mass is 9.86. The Bertz CT molecular complexity index is 1630. The van der Waals surface area contributed by atoms with Crippen LogP contribution in [0.5, 0.6) is 0 Å². The third-order valence-corrected chi connectivity index (χ3v) is 8.89. The molecule has 9 nitrogen and oxygen atoms in total. The van der Waals surface area contributed by atoms with Gasteiger partial charge in [-0.15, -0.1) is 11.3 Å². The Morgan fingerprint density at radius 2 is 1.36 bits per heavy atom. The minimum Gasteiger partial charge on any atom is -0.480 e. The average molecular weight is 629 g/mol. The Morgan fingerprint density at radius 3 is 1.87 bits per heavy atom. The van der Waals surface area contributed by atoms with E-state index in [9.17, 15) is 24.6 Å². The molecule has 0 unspecified atom stereocenters. The summed E-state index contributed by atoms with van der Waals surface area (Å²) < 4.78 is 0. The summed E-state index contributed by atoms with van der Waals surface area (Å²) in [5, 5.41) is 23.8. The van der Waals surface area contributed by atoms with E-state index in [1.807, 2.05) is 51.1 Å². The van der Waals surface area contributed by atoms with Gasteiger partial charge in [0.1, 0.15) is 12.1 Å². The molecule has 0 spiro atoms. The molecule has 2 atom stereocenters. The quantitative estimate of drug-likeness (QED) is 0.185. The first-order valence-corrected chi connectivity index (χ1v) is 15.5. The molecular formula is C35H40N4O5S. The predicted octanol–water partition coefficient (Wildman–Crippen LogP) is 5.37. The van der Waals surface area contributed by atoms with Crippen molar-refractivity contribution in [2.24, 2.45) is 0 Å². The van der Waals surface area contributed by atoms with E-state index in [1.54, 1.807) is 18.5 Å². The number of carbonyl (C=O) groups excluding carboxylic acids is 2. The lowest BCUT2D eigenvalue weighted by Gasteiger charge is -2.21. The number of aliphatic hydroxyl groups is 1. The Labute approximate surface area is 267 Å². The molecule has 2 aromatic heterocycles. The number of aliphatic carboxylic acids is 1. The van der Waals surface area contributed by atoms with E-state index in [0.29, 0.717) is 10.7 Å². The van der Waals surface area contributed by atoms with Gasteiger partial charge in [0.15, 0.2) is 5.82 Å². The number of hydrogen-bond acceptors (Lipinski definition) is 7. The number of rotatable bonds is 10. The lowest BCUT2D eigenvalue weighted by molar-refractivity contribution is -0.143. The van der Waals surface area contributed by atoms with Gasteiger partial charge in [-0.1, -0.05) is 90.1 Å². The molecule has 10 heteroatoms. The SMILES string of the molecule is CC(C)(C)c1ccc(-c2cnc(-c3ccc(C[C@H](NC(=O)c4ccc(C(C)(C)C)s4)C(=O)N[C@@H](CO)C(=O)O)cc3)nc2)cc1. The van der Waals surface area contributed by atoms with Gasteiger partial charge in [0.2, 0.25) is 5.91 Å². The second kappa shape index (κ2) is 13.7. The monoisotopic (exact) mass is 628 g/mol. The molecule has 0 aliphatic heterocycles. The highest BCUT2D eigenvalue weighted by molar-refractivity contribution is 7.14. The molecule has 0 aliphatic rings. The van der Waals surface area contributed by atoms with E-state index in [1.165, 1.54) is 16.9 Å². The topological polar surface area (TPSA) is 142 Å². The van der Waals surface area contributed by atoms with Crippen LogP contribution in [0.2, 0.25) is 0 Å². The second-order valence-electron chi connectivity index (χ2n) is 13.0. The van der Waals surface area contributed by atoms with Gasteiger partial charge in [-0.25, -0.2) is 14.8 Å². The highest BCUT2D eigenvalue weighted by Gasteiger charge is 2.28. The fourth-order valence-corrected chi connectivity index (χ4v) is 5.54. The number of thiophene rings is 1. The minimum atomic E-state index is -1.50. The molecule has 0 aliphatic carbocycles. The zero-order valence-corrected chi connectivity index (χ0v) is 27.2. The molecule has 4 N–H and O–H groups in total. The van der Waals surface area contributed by atoms with Crippen LogP contribution in [0.4, 0.5) is 0 Å². The zero-order chi connectivity index (χ0) is 32.9. The van der Waals surface area contributed by atoms with Crippen LogP contribution >= 0.6 is 11.3 Å². The fraction of sp³-hybridized carbons (Fsp3) is 0.343. The van der Waals surface area contributed by atoms with Crippen molar-refractivity contribution in [1.82, 2.24) is 20.6 Å². The van der Waals surface area contributed by atoms with Crippen molar-refractivity contribution >= 4 is 29.1 Å². The molecule has 0 fully saturated rings. The standard InChI is InChI=1S/C35H40N4O5S/c1-34(2,3)25-13-11-22(12-14-25)24-18-36-30(37-19-24)23-9-7-21(8-10-23)17-26(31(41)39-27(20-40)33(43)44)38-32(42)28-15-16-29(45-28)35(4,5)6/h7-16,18-19,26-27,40H,17,20H2,1-6H3,(H,38,42)(H,39,41)(H,43,44)/t26-,27-/m0/s1. The largest absolute Gasteiger partial charge is 0.480 e. The third-order valence-electron chi connectivity index (χ3n) is 7.38. The molecule has 0 saturated carbocycles. The van der Waals surface area contributed by atoms with Gasteiger partial charge in [0.05, 0.1) is 11.5 Å². The predicted molar refractivity (Wildman–Crippen MR) is 176 cm³/mol. The van der Waals surface area contributed by atoms with Gasteiger partial charge in [-0.05, 0) is 39.7 Å². The summed E-state index contributed by atoms with van der Waals surface area (Å²) in [6, 6.07) is 16.7. The summed E-state index contributed by atoms with van der Waals surface area (Å²) >= 11 is 1.34. The van der Waals surface area contributed by atoms with Crippen LogP contribution < -0.4 is 10.6 Å². The van der Waals surface area contributed by atoms with Crippen molar-refractivity contribution in [3.63, 3.8) is 0 Å². The molecule has 2 heterocycles. The number of benzene rings is 2. The highest BCUT2D eigenvalue weighted by Crippen LogP contribution is 2.30. The van der Waals surface area contributed by atoms with E-state index in [-0.39, 0.29) is 17.3 Å². The second-order valence-corrected chi connectivity index (χ2v) is 14.1. The smallest absolute Gasteiger partial charge is 0.328 e. The van der Waals surface area contributed by atoms with Crippen LogP contribution in [0.25, 0.3) is 22.5 Å². The fourth-order valence-electron chi connectivity index (χ4n) is 4.57. The van der Waals surface area contributed by atoms with Crippen molar-refractivity contribution in [3.8, 4) is 22.5 Å². The Morgan fingerprint density at radius 1 is 0.756 bits per heavy atom. The Balaban J connectivity index is 1.50. The molecule has 0 saturated heterocycles. The van der Waals surface area contributed by atoms with Gasteiger partial charge in [-0.2, -0.15) is 0 Å². The number of amides is 2. The first-order valence-electron chi connectivity index (χ1n) is 14.7. The maximum absolute atomic E-state index is 13.1. The minimum absolute atomic E-state index is 0.0704. The molecule has 0 bridgehead atoms. The maximum Gasteiger partial charge on any atom is 0.328 e. The lowest BCUT2D eigenvalue weighted by Crippen LogP contribution is -2.53. The summed E-state index contributed by atoms with van der Waals surface area (Å²) in [5.74, 6) is -1.99. The summed E-state index contributed by atoms with van der Waals surface area (Å²) in [6.07, 6.45) is 3.67. The van der Waals surface area contributed by atoms with Gasteiger partial charge in [-0.3, -0.25) is 9.59 Å². The average Bonchev–Trinajstić information content (AvgIpc) is 3.51. The van der Waals surface area contributed by atoms with Crippen molar-refractivity contribution in [1.29, 1.82) is 0 Å². The molecule has 236 valence electrons. The number of carbonyl (C=O) groups is 3. The Kier molecular flexibility index (Phi) is 10.2. The van der Waals surface area contributed by atoms with Crippen LogP contribution in [0, 0.1) is 0 Å². The summed E-state index contributed by atoms with van der Waals surface area (Å²) in [4.78, 5) is 48.3. The van der Waals surface area contributed by atoms with Crippen molar-refractivity contribution < 1.29 is 24.6 Å². The van der Waals surface area contributed by atoms with Crippen molar-refractivity contribution in [2.75, 3.05) is 6.61 Å². The summed E-state index contributed by atoms with van der Waals surface area (Å²) in [6.45, 7) is 11.9. The summed E-state index contributed by atoms with van der Waals surface area (Å²) in [7, 11) is 0. The van der Waals surface area contributed by atoms with E-state index >= 15 is 0 Å². The number of carboxylic acids is 1. The van der Waals surface area contributed by atoms with Gasteiger partial charge < -0.3 is 20.8 Å². The number of aromatic nitrogens is 2. The third kappa shape index (κ3) is 8.61. The van der Waals surface area contributed by atoms with Crippen molar-refractivity contribution in [3.05, 3.63) is 93.9 Å². The van der Waals surface area contributed by atoms with Crippen LogP contribution in [0.3, 0.4) is 0 Å². The van der Waals surface area contributed by atoms with Crippen molar-refractivity contribution in [2.45, 2.75) is 70.9 Å². The summed E-state index contributed by atoms with van der Waals surface area (Å²) in [5.41, 5.74) is 4.62. The zero-order valence-electron chi connectivity index (χ0n) is 26.4. The van der Waals surface area contributed by atoms with E-state index < -0.39 is 36.5 Å². The number of carboxylic acid groups (broad SMARTS) is 1. The normalized spacial score (nSPS) is 13.1. The molecule has 45 heavy (non-hydrogen) atoms. The molecule has 2 amide bonds. The van der Waals surface area contributed by atoms with Gasteiger partial charge in [0.25, 0.3) is 5.91 Å². The maximum atomic E-state index is 13.1. The number of hydrogen-bond donors (Lipinski definition) is 4. The molecular weight excluding hydrogens is 588 g/mol. The molecule has 4 rings (SSSR count). The van der Waals surface area contributed by atoms with E-state index in [4.69, 9.17) is 0 Å². The van der Waals surface area contributed by atoms with Crippen LogP contribution in [0.15, 0.2) is 73.1 Å². The van der Waals surface area contributed by atoms with E-state index in [2.05, 4.69) is 65.6 Å². The number of aliphatic hydroxyl groups excluding tert-OH is 1. The first kappa shape index (κ1) is 33.5. The first-order chi connectivity index (χ1) is 21.2. The highest BCUT2D eigenvalue weighted by atomic mass is 32.1. The van der Waals surface area contributed by atoms with Crippen LogP contribution in [-0.4, -0.2) is 56.7 Å². The number of nitrogens with one attached hydrogen (secondary N) is 2.